The SMILES string of the molecule is C[C@H]1O[C@@H](OC[C@H]2O[C@@H](Oc3c(-c4ccc(O)cc4)oc4cc(O[C@@H]5O[C@H](C)[C@H](O)[C@@H](O)[C@H]5O)cc(O)c4c3=O)[C@H](O)[C@@H](O)[C@@H]2O)[C@H](O)[C@H](O)[C@H]1O. The Morgan fingerprint density at radius 2 is 1.17 bits per heavy atom. The van der Waals surface area contributed by atoms with Crippen LogP contribution in [0.25, 0.3) is 22.3 Å². The molecule has 0 aliphatic carbocycles. The first-order valence-electron chi connectivity index (χ1n) is 16.2. The van der Waals surface area contributed by atoms with Crippen molar-refractivity contribution in [3.05, 3.63) is 46.6 Å². The summed E-state index contributed by atoms with van der Waals surface area (Å²) in [5.41, 5.74) is -1.16. The van der Waals surface area contributed by atoms with Crippen LogP contribution >= 0.6 is 0 Å². The molecule has 286 valence electrons. The monoisotopic (exact) mass is 740 g/mol. The van der Waals surface area contributed by atoms with Crippen molar-refractivity contribution in [2.45, 2.75) is 106 Å². The van der Waals surface area contributed by atoms with Crippen LogP contribution in [0.2, 0.25) is 0 Å². The van der Waals surface area contributed by atoms with E-state index < -0.39 is 121 Å². The third-order valence-corrected chi connectivity index (χ3v) is 9.23. The fraction of sp³-hybridized carbons (Fsp3) is 0.545. The van der Waals surface area contributed by atoms with E-state index in [1.54, 1.807) is 0 Å². The van der Waals surface area contributed by atoms with Gasteiger partial charge < -0.3 is 89.0 Å². The Morgan fingerprint density at radius 3 is 1.79 bits per heavy atom. The molecule has 52 heavy (non-hydrogen) atoms. The summed E-state index contributed by atoms with van der Waals surface area (Å²) < 4.78 is 39.5. The van der Waals surface area contributed by atoms with Gasteiger partial charge in [0.15, 0.2) is 12.1 Å². The van der Waals surface area contributed by atoms with E-state index in [2.05, 4.69) is 0 Å². The molecule has 19 nitrogen and oxygen atoms in total. The standard InChI is InChI=1S/C33H40O19/c1-10-19(36)23(40)26(43)31(47-10)46-9-17-21(38)25(42)28(45)33(51-17)52-30-22(39)18-15(35)7-14(49-32-27(44)24(41)20(37)11(2)48-32)8-16(18)50-29(30)12-3-5-13(34)6-4-12/h3-8,10-11,17,19-21,23-28,31-38,40-45H,9H2,1-2H3/t10-,11-,17-,19+,20+,21-,23-,24-,25+,26-,27-,28-,31-,32+,33+/m1/s1. The zero-order chi connectivity index (χ0) is 37.8. The Labute approximate surface area is 293 Å². The van der Waals surface area contributed by atoms with Crippen molar-refractivity contribution >= 4 is 11.0 Å². The van der Waals surface area contributed by atoms with E-state index in [0.717, 1.165) is 6.07 Å². The molecular formula is C33H40O19. The van der Waals surface area contributed by atoms with Crippen molar-refractivity contribution in [2.24, 2.45) is 0 Å². The Bertz CT molecular complexity index is 1770. The minimum Gasteiger partial charge on any atom is -0.508 e. The van der Waals surface area contributed by atoms with Gasteiger partial charge in [-0.15, -0.1) is 0 Å². The van der Waals surface area contributed by atoms with E-state index in [1.165, 1.54) is 44.2 Å². The number of hydrogen-bond acceptors (Lipinski definition) is 19. The van der Waals surface area contributed by atoms with E-state index >= 15 is 0 Å². The van der Waals surface area contributed by atoms with Gasteiger partial charge in [0.1, 0.15) is 89.3 Å². The number of phenolic OH excluding ortho intramolecular Hbond substituents is 2. The van der Waals surface area contributed by atoms with Gasteiger partial charge in [0.2, 0.25) is 23.8 Å². The molecule has 0 bridgehead atoms. The number of aromatic hydroxyl groups is 2. The lowest BCUT2D eigenvalue weighted by molar-refractivity contribution is -0.318. The molecule has 11 N–H and O–H groups in total. The van der Waals surface area contributed by atoms with Crippen LogP contribution in [0, 0.1) is 0 Å². The molecule has 3 aliphatic rings. The molecule has 0 saturated carbocycles. The Balaban J connectivity index is 1.32. The molecule has 0 spiro atoms. The molecular weight excluding hydrogens is 700 g/mol. The van der Waals surface area contributed by atoms with Gasteiger partial charge in [-0.05, 0) is 38.1 Å². The normalized spacial score (nSPS) is 38.2. The molecule has 0 unspecified atom stereocenters. The fourth-order valence-corrected chi connectivity index (χ4v) is 6.09. The topological polar surface area (TPSA) is 308 Å². The summed E-state index contributed by atoms with van der Waals surface area (Å²) in [6.07, 6.45) is -23.5. The minimum absolute atomic E-state index is 0.138. The van der Waals surface area contributed by atoms with Gasteiger partial charge in [-0.1, -0.05) is 0 Å². The van der Waals surface area contributed by atoms with Crippen LogP contribution in [0.4, 0.5) is 0 Å². The van der Waals surface area contributed by atoms with Crippen LogP contribution in [0.5, 0.6) is 23.0 Å². The lowest BCUT2D eigenvalue weighted by atomic mass is 9.98. The highest BCUT2D eigenvalue weighted by molar-refractivity contribution is 5.88. The van der Waals surface area contributed by atoms with Gasteiger partial charge in [-0.2, -0.15) is 0 Å². The maximum Gasteiger partial charge on any atom is 0.239 e. The minimum atomic E-state index is -1.98. The van der Waals surface area contributed by atoms with Crippen LogP contribution in [-0.2, 0) is 18.9 Å². The molecule has 1 aromatic heterocycles. The third-order valence-electron chi connectivity index (χ3n) is 9.23. The van der Waals surface area contributed by atoms with Gasteiger partial charge in [0, 0.05) is 17.7 Å². The molecule has 6 rings (SSSR count). The highest BCUT2D eigenvalue weighted by Crippen LogP contribution is 2.38. The number of phenols is 2. The summed E-state index contributed by atoms with van der Waals surface area (Å²) in [6.45, 7) is 2.25. The van der Waals surface area contributed by atoms with Crippen molar-refractivity contribution in [1.82, 2.24) is 0 Å². The van der Waals surface area contributed by atoms with Crippen LogP contribution in [0.3, 0.4) is 0 Å². The quantitative estimate of drug-likeness (QED) is 0.110. The van der Waals surface area contributed by atoms with E-state index in [0.29, 0.717) is 0 Å². The largest absolute Gasteiger partial charge is 0.508 e. The third kappa shape index (κ3) is 7.16. The highest BCUT2D eigenvalue weighted by Gasteiger charge is 2.48. The number of fused-ring (bicyclic) bond motifs is 1. The first kappa shape index (κ1) is 38.1. The predicted octanol–water partition coefficient (Wildman–Crippen LogP) is -2.89. The van der Waals surface area contributed by atoms with E-state index in [9.17, 15) is 61.0 Å². The van der Waals surface area contributed by atoms with Crippen molar-refractivity contribution in [3.8, 4) is 34.3 Å². The van der Waals surface area contributed by atoms with Crippen LogP contribution in [0.1, 0.15) is 13.8 Å². The Kier molecular flexibility index (Phi) is 11.0. The molecule has 3 aromatic rings. The summed E-state index contributed by atoms with van der Waals surface area (Å²) in [5.74, 6) is -2.01. The zero-order valence-corrected chi connectivity index (χ0v) is 27.5. The maximum absolute atomic E-state index is 14.0. The average Bonchev–Trinajstić information content (AvgIpc) is 3.11. The molecule has 4 heterocycles. The van der Waals surface area contributed by atoms with Crippen molar-refractivity contribution in [2.75, 3.05) is 6.61 Å². The van der Waals surface area contributed by atoms with E-state index in [-0.39, 0.29) is 28.4 Å². The van der Waals surface area contributed by atoms with Gasteiger partial charge in [-0.3, -0.25) is 4.79 Å². The predicted molar refractivity (Wildman–Crippen MR) is 170 cm³/mol. The number of benzene rings is 2. The number of ether oxygens (including phenoxy) is 6. The Hall–Kier alpha value is -3.67. The smallest absolute Gasteiger partial charge is 0.239 e. The number of aliphatic hydroxyl groups excluding tert-OH is 9. The summed E-state index contributed by atoms with van der Waals surface area (Å²) in [6, 6.07) is 7.38. The molecule has 0 radical (unpaired) electrons. The Morgan fingerprint density at radius 1 is 0.635 bits per heavy atom. The second-order valence-corrected chi connectivity index (χ2v) is 12.9. The van der Waals surface area contributed by atoms with E-state index in [1.807, 2.05) is 0 Å². The summed E-state index contributed by atoms with van der Waals surface area (Å²) in [7, 11) is 0. The molecule has 3 aliphatic heterocycles. The molecule has 3 fully saturated rings. The van der Waals surface area contributed by atoms with Gasteiger partial charge in [-0.25, -0.2) is 0 Å². The highest BCUT2D eigenvalue weighted by atomic mass is 16.7. The molecule has 15 atom stereocenters. The maximum atomic E-state index is 14.0. The van der Waals surface area contributed by atoms with E-state index in [4.69, 9.17) is 32.8 Å². The summed E-state index contributed by atoms with van der Waals surface area (Å²) >= 11 is 0. The lowest BCUT2D eigenvalue weighted by Crippen LogP contribution is -2.61. The molecule has 0 amide bonds. The first-order valence-corrected chi connectivity index (χ1v) is 16.2. The van der Waals surface area contributed by atoms with Crippen LogP contribution < -0.4 is 14.9 Å². The first-order chi connectivity index (χ1) is 24.6. The second-order valence-electron chi connectivity index (χ2n) is 12.9. The van der Waals surface area contributed by atoms with Gasteiger partial charge in [0.05, 0.1) is 18.8 Å². The molecule has 19 heteroatoms. The van der Waals surface area contributed by atoms with Crippen molar-refractivity contribution in [1.29, 1.82) is 0 Å². The lowest BCUT2D eigenvalue weighted by Gasteiger charge is -2.42. The summed E-state index contributed by atoms with van der Waals surface area (Å²) in [5, 5.41) is 114. The number of hydrogen-bond donors (Lipinski definition) is 11. The van der Waals surface area contributed by atoms with Crippen LogP contribution in [0.15, 0.2) is 45.6 Å². The summed E-state index contributed by atoms with van der Waals surface area (Å²) in [4.78, 5) is 14.0. The van der Waals surface area contributed by atoms with Crippen molar-refractivity contribution < 1.29 is 89.0 Å². The average molecular weight is 741 g/mol. The molecule has 3 saturated heterocycles. The van der Waals surface area contributed by atoms with Crippen molar-refractivity contribution in [3.63, 3.8) is 0 Å². The van der Waals surface area contributed by atoms with Gasteiger partial charge in [0.25, 0.3) is 0 Å². The second kappa shape index (κ2) is 15.0. The van der Waals surface area contributed by atoms with Gasteiger partial charge >= 0.3 is 0 Å². The molecule has 2 aromatic carbocycles. The van der Waals surface area contributed by atoms with Crippen LogP contribution in [-0.4, -0.2) is 155 Å². The number of rotatable bonds is 8. The fourth-order valence-electron chi connectivity index (χ4n) is 6.09. The number of aliphatic hydroxyl groups is 9. The zero-order valence-electron chi connectivity index (χ0n) is 27.5.